The fourth-order valence-electron chi connectivity index (χ4n) is 3.71. The van der Waals surface area contributed by atoms with E-state index in [1.165, 1.54) is 109 Å². The minimum Gasteiger partial charge on any atom is -0.367 e. The first-order valence-corrected chi connectivity index (χ1v) is 12.4. The van der Waals surface area contributed by atoms with Crippen LogP contribution >= 0.6 is 12.4 Å². The Hall–Kier alpha value is -0.0900. The Morgan fingerprint density at radius 3 is 1.41 bits per heavy atom. The Labute approximate surface area is 188 Å². The molecule has 0 spiro atoms. The second kappa shape index (κ2) is 25.9. The van der Waals surface area contributed by atoms with Crippen LogP contribution in [0.5, 0.6) is 0 Å². The van der Waals surface area contributed by atoms with Crippen molar-refractivity contribution in [3.05, 3.63) is 12.2 Å². The number of hydrogen-bond acceptors (Lipinski definition) is 3. The van der Waals surface area contributed by atoms with E-state index in [-0.39, 0.29) is 12.4 Å². The molecule has 0 aliphatic heterocycles. The van der Waals surface area contributed by atoms with E-state index in [1.807, 2.05) is 11.9 Å². The SMILES string of the molecule is CCCCCCCC/C=C\CCCCCCCCCCCCN(C)CC(O)O.Cl. The van der Waals surface area contributed by atoms with Gasteiger partial charge in [0.2, 0.25) is 0 Å². The number of aliphatic hydroxyl groups is 2. The summed E-state index contributed by atoms with van der Waals surface area (Å²) in [5.41, 5.74) is 0. The van der Waals surface area contributed by atoms with Gasteiger partial charge in [0.05, 0.1) is 0 Å². The molecule has 0 aliphatic rings. The van der Waals surface area contributed by atoms with Crippen LogP contribution in [0.3, 0.4) is 0 Å². The van der Waals surface area contributed by atoms with Crippen molar-refractivity contribution in [1.29, 1.82) is 0 Å². The van der Waals surface area contributed by atoms with E-state index in [9.17, 15) is 0 Å². The highest BCUT2D eigenvalue weighted by Crippen LogP contribution is 2.12. The summed E-state index contributed by atoms with van der Waals surface area (Å²) in [5.74, 6) is 0. The second-order valence-electron chi connectivity index (χ2n) is 8.59. The standard InChI is InChI=1S/C25H51NO2.ClH/c1-3-4-5-6-7-8-9-10-11-12-13-14-15-16-17-18-19-20-21-22-23-26(2)24-25(27)28;/h10-11,25,27-28H,3-9,12-24H2,1-2H3;1H/b11-10-;. The van der Waals surface area contributed by atoms with Crippen LogP contribution in [0.25, 0.3) is 0 Å². The first-order chi connectivity index (χ1) is 13.7. The molecule has 0 saturated carbocycles. The number of unbranched alkanes of at least 4 members (excludes halogenated alkanes) is 16. The van der Waals surface area contributed by atoms with Crippen LogP contribution in [-0.2, 0) is 0 Å². The smallest absolute Gasteiger partial charge is 0.164 e. The van der Waals surface area contributed by atoms with Crippen molar-refractivity contribution in [1.82, 2.24) is 4.90 Å². The zero-order chi connectivity index (χ0) is 20.7. The highest BCUT2D eigenvalue weighted by Gasteiger charge is 2.03. The van der Waals surface area contributed by atoms with E-state index in [4.69, 9.17) is 10.2 Å². The molecule has 0 unspecified atom stereocenters. The summed E-state index contributed by atoms with van der Waals surface area (Å²) in [6.45, 7) is 3.60. The number of halogens is 1. The van der Waals surface area contributed by atoms with Crippen LogP contribution in [0.15, 0.2) is 12.2 Å². The van der Waals surface area contributed by atoms with E-state index in [1.54, 1.807) is 0 Å². The summed E-state index contributed by atoms with van der Waals surface area (Å²) in [7, 11) is 1.95. The lowest BCUT2D eigenvalue weighted by Crippen LogP contribution is -2.29. The minimum atomic E-state index is -1.20. The van der Waals surface area contributed by atoms with Gasteiger partial charge in [-0.05, 0) is 45.7 Å². The molecule has 0 aliphatic carbocycles. The van der Waals surface area contributed by atoms with Gasteiger partial charge in [0, 0.05) is 6.54 Å². The summed E-state index contributed by atoms with van der Waals surface area (Å²) >= 11 is 0. The monoisotopic (exact) mass is 433 g/mol. The Morgan fingerprint density at radius 1 is 0.621 bits per heavy atom. The quantitative estimate of drug-likeness (QED) is 0.107. The maximum Gasteiger partial charge on any atom is 0.164 e. The van der Waals surface area contributed by atoms with Crippen molar-refractivity contribution < 1.29 is 10.2 Å². The third-order valence-corrected chi connectivity index (χ3v) is 5.53. The number of nitrogens with zero attached hydrogens (tertiary/aromatic N) is 1. The van der Waals surface area contributed by atoms with Crippen LogP contribution < -0.4 is 0 Å². The molecule has 0 aromatic carbocycles. The topological polar surface area (TPSA) is 43.7 Å². The average molecular weight is 434 g/mol. The lowest BCUT2D eigenvalue weighted by molar-refractivity contribution is -0.0573. The normalized spacial score (nSPS) is 11.7. The predicted octanol–water partition coefficient (Wildman–Crippen LogP) is 7.25. The van der Waals surface area contributed by atoms with Gasteiger partial charge in [-0.3, -0.25) is 0 Å². The van der Waals surface area contributed by atoms with Crippen LogP contribution in [-0.4, -0.2) is 41.5 Å². The fraction of sp³-hybridized carbons (Fsp3) is 0.920. The summed E-state index contributed by atoms with van der Waals surface area (Å²) in [5, 5.41) is 17.8. The summed E-state index contributed by atoms with van der Waals surface area (Å²) in [6, 6.07) is 0. The summed E-state index contributed by atoms with van der Waals surface area (Å²) < 4.78 is 0. The van der Waals surface area contributed by atoms with Gasteiger partial charge >= 0.3 is 0 Å². The maximum atomic E-state index is 8.90. The molecule has 3 nitrogen and oxygen atoms in total. The molecule has 29 heavy (non-hydrogen) atoms. The number of hydrogen-bond donors (Lipinski definition) is 2. The lowest BCUT2D eigenvalue weighted by Gasteiger charge is -2.17. The lowest BCUT2D eigenvalue weighted by atomic mass is 10.1. The largest absolute Gasteiger partial charge is 0.367 e. The molecule has 0 bridgehead atoms. The Kier molecular flexibility index (Phi) is 27.8. The Balaban J connectivity index is 0. The third kappa shape index (κ3) is 27.9. The molecule has 0 aromatic rings. The highest BCUT2D eigenvalue weighted by molar-refractivity contribution is 5.85. The summed E-state index contributed by atoms with van der Waals surface area (Å²) in [4.78, 5) is 1.99. The minimum absolute atomic E-state index is 0. The average Bonchev–Trinajstić information content (AvgIpc) is 2.66. The zero-order valence-corrected chi connectivity index (χ0v) is 20.4. The van der Waals surface area contributed by atoms with E-state index in [0.29, 0.717) is 6.54 Å². The van der Waals surface area contributed by atoms with Crippen LogP contribution in [0.2, 0.25) is 0 Å². The van der Waals surface area contributed by atoms with E-state index >= 15 is 0 Å². The maximum absolute atomic E-state index is 8.90. The van der Waals surface area contributed by atoms with Gasteiger partial charge in [-0.2, -0.15) is 0 Å². The van der Waals surface area contributed by atoms with Gasteiger partial charge in [-0.25, -0.2) is 0 Å². The Bertz CT molecular complexity index is 324. The van der Waals surface area contributed by atoms with E-state index < -0.39 is 6.29 Å². The van der Waals surface area contributed by atoms with Crippen LogP contribution in [0.4, 0.5) is 0 Å². The molecular weight excluding hydrogens is 382 g/mol. The molecule has 0 radical (unpaired) electrons. The fourth-order valence-corrected chi connectivity index (χ4v) is 3.71. The van der Waals surface area contributed by atoms with E-state index in [0.717, 1.165) is 13.0 Å². The predicted molar refractivity (Wildman–Crippen MR) is 131 cm³/mol. The van der Waals surface area contributed by atoms with Crippen molar-refractivity contribution in [3.8, 4) is 0 Å². The molecule has 176 valence electrons. The molecule has 0 aromatic heterocycles. The molecule has 0 rings (SSSR count). The molecule has 0 saturated heterocycles. The van der Waals surface area contributed by atoms with Gasteiger partial charge in [-0.1, -0.05) is 103 Å². The van der Waals surface area contributed by atoms with Gasteiger partial charge < -0.3 is 15.1 Å². The molecule has 0 atom stereocenters. The number of rotatable bonds is 22. The van der Waals surface area contributed by atoms with Crippen LogP contribution in [0.1, 0.15) is 122 Å². The van der Waals surface area contributed by atoms with Crippen molar-refractivity contribution in [2.45, 2.75) is 129 Å². The second-order valence-corrected chi connectivity index (χ2v) is 8.59. The zero-order valence-electron chi connectivity index (χ0n) is 19.6. The van der Waals surface area contributed by atoms with E-state index in [2.05, 4.69) is 19.1 Å². The highest BCUT2D eigenvalue weighted by atomic mass is 35.5. The number of allylic oxidation sites excluding steroid dienone is 2. The van der Waals surface area contributed by atoms with Crippen molar-refractivity contribution in [2.75, 3.05) is 20.1 Å². The van der Waals surface area contributed by atoms with Crippen LogP contribution in [0, 0.1) is 0 Å². The van der Waals surface area contributed by atoms with Gasteiger partial charge in [-0.15, -0.1) is 12.4 Å². The number of aliphatic hydroxyl groups excluding tert-OH is 1. The third-order valence-electron chi connectivity index (χ3n) is 5.53. The van der Waals surface area contributed by atoms with Gasteiger partial charge in [0.15, 0.2) is 6.29 Å². The first-order valence-electron chi connectivity index (χ1n) is 12.4. The Morgan fingerprint density at radius 2 is 1.00 bits per heavy atom. The molecule has 0 heterocycles. The van der Waals surface area contributed by atoms with Crippen molar-refractivity contribution in [3.63, 3.8) is 0 Å². The van der Waals surface area contributed by atoms with Gasteiger partial charge in [0.25, 0.3) is 0 Å². The van der Waals surface area contributed by atoms with Gasteiger partial charge in [0.1, 0.15) is 0 Å². The van der Waals surface area contributed by atoms with Crippen molar-refractivity contribution in [2.24, 2.45) is 0 Å². The first kappa shape index (κ1) is 31.1. The number of likely N-dealkylation sites (N-methyl/N-ethyl adjacent to an activating group) is 1. The molecule has 0 fully saturated rings. The molecule has 4 heteroatoms. The molecule has 2 N–H and O–H groups in total. The molecule has 0 amide bonds. The van der Waals surface area contributed by atoms with Crippen molar-refractivity contribution >= 4 is 12.4 Å². The summed E-state index contributed by atoms with van der Waals surface area (Å²) in [6.07, 6.45) is 28.0. The molecular formula is C25H52ClNO2.